The van der Waals surface area contributed by atoms with E-state index in [1.165, 1.54) is 34.0 Å². The first-order valence-corrected chi connectivity index (χ1v) is 22.9. The van der Waals surface area contributed by atoms with Gasteiger partial charge in [0.15, 0.2) is 12.0 Å². The van der Waals surface area contributed by atoms with Gasteiger partial charge in [0.05, 0.1) is 32.6 Å². The lowest BCUT2D eigenvalue weighted by Crippen LogP contribution is -2.57. The van der Waals surface area contributed by atoms with Crippen LogP contribution in [-0.2, 0) is 30.5 Å². The SMILES string of the molecule is Cc1ncsc1-c1ccc(CNC(=O)[C@@H]2C[C@@H](O)CN2C(=O)[C@@H](NC(=O)CCCCC(=O)COc2cc([C@@H](O)[C@H]3O[C@@H](n4ccc5c(N)ncnc54)[C@H](O)[C@@H]3O)ccc2Cl)C(C)(C)C)cc1. The second kappa shape index (κ2) is 20.5. The summed E-state index contributed by atoms with van der Waals surface area (Å²) in [7, 11) is 0. The van der Waals surface area contributed by atoms with Gasteiger partial charge in [0.1, 0.15) is 66.6 Å². The number of nitrogens with one attached hydrogen (secondary N) is 2. The summed E-state index contributed by atoms with van der Waals surface area (Å²) in [6, 6.07) is 11.9. The molecule has 7 rings (SSSR count). The number of aliphatic hydroxyl groups is 4. The molecular weight excluding hydrogens is 892 g/mol. The highest BCUT2D eigenvalue weighted by Gasteiger charge is 2.48. The Bertz CT molecular complexity index is 2550. The number of halogens is 1. The number of amides is 3. The number of unbranched alkanes of at least 4 members (excludes halogenated alkanes) is 1. The summed E-state index contributed by atoms with van der Waals surface area (Å²) in [4.78, 5) is 68.5. The van der Waals surface area contributed by atoms with E-state index in [0.717, 1.165) is 21.7 Å². The van der Waals surface area contributed by atoms with Gasteiger partial charge in [-0.1, -0.05) is 62.7 Å². The van der Waals surface area contributed by atoms with Crippen molar-refractivity contribution in [3.05, 3.63) is 88.4 Å². The van der Waals surface area contributed by atoms with Crippen molar-refractivity contribution in [1.29, 1.82) is 0 Å². The number of fused-ring (bicyclic) bond motifs is 1. The van der Waals surface area contributed by atoms with Gasteiger partial charge < -0.3 is 55.7 Å². The Morgan fingerprint density at radius 2 is 1.76 bits per heavy atom. The number of anilines is 1. The van der Waals surface area contributed by atoms with Gasteiger partial charge in [-0.05, 0) is 60.1 Å². The minimum atomic E-state index is -1.49. The number of hydrogen-bond acceptors (Lipinski definition) is 15. The number of rotatable bonds is 17. The van der Waals surface area contributed by atoms with Crippen molar-refractivity contribution in [3.63, 3.8) is 0 Å². The first-order chi connectivity index (χ1) is 31.4. The zero-order valence-electron chi connectivity index (χ0n) is 37.0. The molecule has 66 heavy (non-hydrogen) atoms. The molecule has 3 amide bonds. The van der Waals surface area contributed by atoms with Gasteiger partial charge in [-0.15, -0.1) is 11.3 Å². The van der Waals surface area contributed by atoms with E-state index in [2.05, 4.69) is 25.6 Å². The number of Topliss-reactive ketones (excluding diaryl/α,β-unsaturated/α-hetero) is 1. The number of ketones is 1. The van der Waals surface area contributed by atoms with E-state index in [1.54, 1.807) is 29.1 Å². The Hall–Kier alpha value is -5.54. The van der Waals surface area contributed by atoms with Gasteiger partial charge in [-0.2, -0.15) is 0 Å². The molecule has 2 aliphatic rings. The molecule has 0 unspecified atom stereocenters. The highest BCUT2D eigenvalue weighted by Crippen LogP contribution is 2.39. The quantitative estimate of drug-likeness (QED) is 0.0655. The Morgan fingerprint density at radius 1 is 1.02 bits per heavy atom. The van der Waals surface area contributed by atoms with Crippen LogP contribution in [0.15, 0.2) is 66.6 Å². The smallest absolute Gasteiger partial charge is 0.246 e. The average Bonchev–Trinajstić information content (AvgIpc) is 4.08. The van der Waals surface area contributed by atoms with Gasteiger partial charge in [-0.3, -0.25) is 19.2 Å². The van der Waals surface area contributed by atoms with E-state index in [-0.39, 0.29) is 66.9 Å². The number of nitrogens with two attached hydrogens (primary N) is 1. The van der Waals surface area contributed by atoms with E-state index in [0.29, 0.717) is 23.9 Å². The molecule has 0 aliphatic carbocycles. The molecule has 2 fully saturated rings. The van der Waals surface area contributed by atoms with Crippen molar-refractivity contribution in [2.45, 2.75) is 115 Å². The molecule has 5 heterocycles. The Balaban J connectivity index is 0.866. The molecule has 8 N–H and O–H groups in total. The summed E-state index contributed by atoms with van der Waals surface area (Å²) in [5, 5.41) is 50.1. The normalized spacial score (nSPS) is 21.7. The van der Waals surface area contributed by atoms with Gasteiger partial charge in [-0.25, -0.2) is 15.0 Å². The standard InChI is InChI=1S/C46H55ClN8O10S/c1-24-39(66-23-52-24)26-11-9-25(10-12-26)19-49-43(62)32-18-29(57)20-55(32)44(63)40(46(2,3)4)53-34(58)8-6-5-7-28(56)21-64-33-17-27(13-14-31(33)47)35(59)38-36(60)37(61)45(65-38)54-16-15-30-41(48)50-22-51-42(30)54/h9-17,22-23,29,32,35-38,40,45,57,59-61H,5-8,18-21H2,1-4H3,(H,49,62)(H,53,58)(H2,48,50,51)/t29-,32+,35-,36+,37-,38-,40-,45-/m1/s1. The largest absolute Gasteiger partial charge is 0.484 e. The van der Waals surface area contributed by atoms with Crippen molar-refractivity contribution < 1.29 is 49.1 Å². The van der Waals surface area contributed by atoms with Crippen LogP contribution < -0.4 is 21.1 Å². The lowest BCUT2D eigenvalue weighted by atomic mass is 9.85. The predicted octanol–water partition coefficient (Wildman–Crippen LogP) is 3.77. The number of ether oxygens (including phenoxy) is 2. The fourth-order valence-corrected chi connectivity index (χ4v) is 9.21. The predicted molar refractivity (Wildman–Crippen MR) is 245 cm³/mol. The Morgan fingerprint density at radius 3 is 2.47 bits per heavy atom. The summed E-state index contributed by atoms with van der Waals surface area (Å²) in [6.07, 6.45) is -3.91. The number of nitrogen functional groups attached to an aromatic ring is 1. The van der Waals surface area contributed by atoms with Crippen LogP contribution in [0.4, 0.5) is 5.82 Å². The van der Waals surface area contributed by atoms with Crippen molar-refractivity contribution in [2.24, 2.45) is 5.41 Å². The van der Waals surface area contributed by atoms with Crippen molar-refractivity contribution in [2.75, 3.05) is 18.9 Å². The third kappa shape index (κ3) is 10.8. The topological polar surface area (TPSA) is 265 Å². The highest BCUT2D eigenvalue weighted by molar-refractivity contribution is 7.13. The second-order valence-electron chi connectivity index (χ2n) is 17.8. The molecule has 0 saturated carbocycles. The molecule has 3 aromatic heterocycles. The summed E-state index contributed by atoms with van der Waals surface area (Å²) in [5.74, 6) is -1.21. The molecule has 2 aromatic carbocycles. The zero-order chi connectivity index (χ0) is 47.4. The molecule has 18 nitrogen and oxygen atoms in total. The van der Waals surface area contributed by atoms with E-state index in [9.17, 15) is 39.6 Å². The minimum Gasteiger partial charge on any atom is -0.484 e. The van der Waals surface area contributed by atoms with Crippen LogP contribution in [0.5, 0.6) is 5.75 Å². The lowest BCUT2D eigenvalue weighted by Gasteiger charge is -2.35. The maximum absolute atomic E-state index is 14.0. The maximum atomic E-state index is 14.0. The van der Waals surface area contributed by atoms with Crippen LogP contribution in [0.3, 0.4) is 0 Å². The van der Waals surface area contributed by atoms with Crippen LogP contribution in [0.2, 0.25) is 5.02 Å². The second-order valence-corrected chi connectivity index (χ2v) is 19.1. The van der Waals surface area contributed by atoms with Gasteiger partial charge >= 0.3 is 0 Å². The first kappa shape index (κ1) is 48.4. The zero-order valence-corrected chi connectivity index (χ0v) is 38.5. The number of carbonyl (C=O) groups is 4. The molecule has 2 aliphatic heterocycles. The fraction of sp³-hybridized carbons (Fsp3) is 0.457. The number of aromatic nitrogens is 4. The van der Waals surface area contributed by atoms with Crippen LogP contribution in [-0.4, -0.2) is 118 Å². The molecule has 5 aromatic rings. The molecule has 20 heteroatoms. The molecule has 0 spiro atoms. The van der Waals surface area contributed by atoms with Gasteiger partial charge in [0.25, 0.3) is 0 Å². The number of aryl methyl sites for hydroxylation is 1. The molecule has 8 atom stereocenters. The number of β-amino-alcohol motifs (C(OH)–C–C–N with tert-alkyl or cyclic N) is 1. The number of likely N-dealkylation sites (tertiary alicyclic amines) is 1. The van der Waals surface area contributed by atoms with Gasteiger partial charge in [0.2, 0.25) is 17.7 Å². The minimum absolute atomic E-state index is 0.0284. The van der Waals surface area contributed by atoms with E-state index in [4.69, 9.17) is 26.8 Å². The van der Waals surface area contributed by atoms with Gasteiger partial charge in [0, 0.05) is 38.5 Å². The maximum Gasteiger partial charge on any atom is 0.246 e. The Kier molecular flexibility index (Phi) is 15.1. The van der Waals surface area contributed by atoms with Crippen LogP contribution >= 0.6 is 22.9 Å². The monoisotopic (exact) mass is 946 g/mol. The molecule has 0 radical (unpaired) electrons. The number of hydrogen-bond donors (Lipinski definition) is 7. The summed E-state index contributed by atoms with van der Waals surface area (Å²) in [6.45, 7) is 7.20. The number of carbonyl (C=O) groups excluding carboxylic acids is 4. The molecule has 2 saturated heterocycles. The summed E-state index contributed by atoms with van der Waals surface area (Å²) >= 11 is 7.93. The van der Waals surface area contributed by atoms with Crippen LogP contribution in [0.25, 0.3) is 21.5 Å². The highest BCUT2D eigenvalue weighted by atomic mass is 35.5. The molecule has 0 bridgehead atoms. The molecular formula is C46H55ClN8O10S. The van der Waals surface area contributed by atoms with Crippen LogP contribution in [0.1, 0.15) is 82.0 Å². The summed E-state index contributed by atoms with van der Waals surface area (Å²) in [5.41, 5.74) is 10.5. The number of benzene rings is 2. The van der Waals surface area contributed by atoms with Crippen molar-refractivity contribution in [1.82, 2.24) is 35.1 Å². The van der Waals surface area contributed by atoms with E-state index < -0.39 is 72.0 Å². The lowest BCUT2D eigenvalue weighted by molar-refractivity contribution is -0.144. The van der Waals surface area contributed by atoms with Crippen LogP contribution in [0, 0.1) is 12.3 Å². The van der Waals surface area contributed by atoms with E-state index in [1.807, 2.05) is 52.0 Å². The number of aliphatic hydroxyl groups excluding tert-OH is 4. The van der Waals surface area contributed by atoms with Crippen molar-refractivity contribution >= 4 is 63.3 Å². The van der Waals surface area contributed by atoms with Crippen molar-refractivity contribution in [3.8, 4) is 16.2 Å². The third-order valence-electron chi connectivity index (χ3n) is 11.9. The fourth-order valence-electron chi connectivity index (χ4n) is 8.23. The Labute approximate surface area is 390 Å². The third-order valence-corrected chi connectivity index (χ3v) is 13.2. The number of thiazole rings is 1. The number of nitrogens with zero attached hydrogens (tertiary/aromatic N) is 5. The summed E-state index contributed by atoms with van der Waals surface area (Å²) < 4.78 is 13.2. The molecule has 352 valence electrons. The average molecular weight is 948 g/mol. The van der Waals surface area contributed by atoms with E-state index >= 15 is 0 Å². The first-order valence-electron chi connectivity index (χ1n) is 21.7.